The second kappa shape index (κ2) is 8.22. The zero-order chi connectivity index (χ0) is 20.5. The Balaban J connectivity index is 1.34. The molecule has 3 aromatic heterocycles. The van der Waals surface area contributed by atoms with Crippen LogP contribution in [-0.2, 0) is 6.61 Å². The van der Waals surface area contributed by atoms with E-state index >= 15 is 0 Å². The van der Waals surface area contributed by atoms with E-state index in [1.54, 1.807) is 6.20 Å². The number of hydrogen-bond donors (Lipinski definition) is 4. The second-order valence-corrected chi connectivity index (χ2v) is 9.17. The molecule has 4 N–H and O–H groups in total. The third-order valence-electron chi connectivity index (χ3n) is 6.20. The highest BCUT2D eigenvalue weighted by molar-refractivity contribution is 7.15. The fraction of sp³-hybridized carbons (Fsp3) is 0.476. The zero-order valence-corrected chi connectivity index (χ0v) is 17.5. The molecule has 5 rings (SSSR count). The molecule has 3 aromatic rings. The van der Waals surface area contributed by atoms with Crippen LogP contribution in [0.2, 0.25) is 0 Å². The van der Waals surface area contributed by atoms with Crippen molar-refractivity contribution >= 4 is 39.0 Å². The summed E-state index contributed by atoms with van der Waals surface area (Å²) >= 11 is 1.42. The van der Waals surface area contributed by atoms with Gasteiger partial charge < -0.3 is 20.7 Å². The van der Waals surface area contributed by atoms with Gasteiger partial charge in [0, 0.05) is 54.9 Å². The highest BCUT2D eigenvalue weighted by Crippen LogP contribution is 2.37. The summed E-state index contributed by atoms with van der Waals surface area (Å²) in [6, 6.07) is 7.82. The van der Waals surface area contributed by atoms with Gasteiger partial charge in [-0.1, -0.05) is 11.3 Å². The predicted octanol–water partition coefficient (Wildman–Crippen LogP) is 3.58. The Hall–Kier alpha value is -2.67. The van der Waals surface area contributed by atoms with Crippen molar-refractivity contribution in [3.8, 4) is 6.07 Å². The number of aromatic amines is 1. The molecule has 2 aliphatic heterocycles. The summed E-state index contributed by atoms with van der Waals surface area (Å²) < 4.78 is 0. The molecule has 2 fully saturated rings. The molecule has 5 heterocycles. The molecule has 0 aliphatic carbocycles. The van der Waals surface area contributed by atoms with E-state index in [0.717, 1.165) is 46.8 Å². The Labute approximate surface area is 179 Å². The standard InChI is InChI=1S/C21H25N7OS/c22-5-1-7-28-14-2-3-15(28)9-13(8-14)25-20-17-4-6-23-18(17)10-19(26-20)27-21-24-11-16(12-29)30-21/h4,6,10-11,13-15,23,29H,1-3,7-9,12H2,(H2,24,25,26,27)/t13-,14-,15+. The quantitative estimate of drug-likeness (QED) is 0.459. The van der Waals surface area contributed by atoms with Crippen molar-refractivity contribution in [3.63, 3.8) is 0 Å². The smallest absolute Gasteiger partial charge is 0.188 e. The van der Waals surface area contributed by atoms with Gasteiger partial charge in [-0.05, 0) is 31.7 Å². The molecular weight excluding hydrogens is 398 g/mol. The van der Waals surface area contributed by atoms with Gasteiger partial charge in [0.1, 0.15) is 11.6 Å². The lowest BCUT2D eigenvalue weighted by molar-refractivity contribution is 0.136. The van der Waals surface area contributed by atoms with E-state index in [0.29, 0.717) is 29.7 Å². The SMILES string of the molecule is N#CCCN1[C@@H]2CC[C@H]1C[C@H](Nc1nc(Nc3ncc(CO)s3)cc3[nH]ccc13)C2. The van der Waals surface area contributed by atoms with Crippen molar-refractivity contribution in [1.29, 1.82) is 5.26 Å². The lowest BCUT2D eigenvalue weighted by Crippen LogP contribution is -2.47. The molecular formula is C21H25N7OS. The monoisotopic (exact) mass is 423 g/mol. The van der Waals surface area contributed by atoms with Crippen LogP contribution in [0.5, 0.6) is 0 Å². The first-order valence-corrected chi connectivity index (χ1v) is 11.2. The molecule has 0 aromatic carbocycles. The third-order valence-corrected chi connectivity index (χ3v) is 7.10. The average molecular weight is 424 g/mol. The van der Waals surface area contributed by atoms with Gasteiger partial charge in [-0.3, -0.25) is 4.90 Å². The first-order chi connectivity index (χ1) is 14.7. The minimum Gasteiger partial charge on any atom is -0.391 e. The number of piperidine rings is 1. The molecule has 2 bridgehead atoms. The number of fused-ring (bicyclic) bond motifs is 3. The van der Waals surface area contributed by atoms with Crippen LogP contribution in [0.15, 0.2) is 24.5 Å². The lowest BCUT2D eigenvalue weighted by atomic mass is 9.97. The molecule has 30 heavy (non-hydrogen) atoms. The number of nitrogens with one attached hydrogen (secondary N) is 3. The van der Waals surface area contributed by atoms with E-state index in [9.17, 15) is 5.11 Å². The zero-order valence-electron chi connectivity index (χ0n) is 16.6. The fourth-order valence-corrected chi connectivity index (χ4v) is 5.59. The molecule has 156 valence electrons. The number of rotatable bonds is 7. The minimum absolute atomic E-state index is 0.00928. The van der Waals surface area contributed by atoms with E-state index in [4.69, 9.17) is 10.2 Å². The van der Waals surface area contributed by atoms with E-state index < -0.39 is 0 Å². The molecule has 2 aliphatic rings. The van der Waals surface area contributed by atoms with E-state index in [2.05, 4.69) is 37.6 Å². The van der Waals surface area contributed by atoms with Gasteiger partial charge in [-0.25, -0.2) is 9.97 Å². The maximum Gasteiger partial charge on any atom is 0.188 e. The van der Waals surface area contributed by atoms with Gasteiger partial charge in [0.05, 0.1) is 23.1 Å². The Morgan fingerprint density at radius 3 is 2.90 bits per heavy atom. The topological polar surface area (TPSA) is 113 Å². The van der Waals surface area contributed by atoms with Crippen molar-refractivity contribution in [2.24, 2.45) is 0 Å². The summed E-state index contributed by atoms with van der Waals surface area (Å²) in [5, 5.41) is 27.0. The van der Waals surface area contributed by atoms with Crippen molar-refractivity contribution in [3.05, 3.63) is 29.4 Å². The molecule has 3 atom stereocenters. The summed E-state index contributed by atoms with van der Waals surface area (Å²) in [6.07, 6.45) is 8.83. The van der Waals surface area contributed by atoms with Crippen LogP contribution in [0.4, 0.5) is 16.8 Å². The largest absolute Gasteiger partial charge is 0.391 e. The van der Waals surface area contributed by atoms with Gasteiger partial charge in [0.15, 0.2) is 5.13 Å². The lowest BCUT2D eigenvalue weighted by Gasteiger charge is -2.39. The summed E-state index contributed by atoms with van der Waals surface area (Å²) in [6.45, 7) is 0.881. The molecule has 0 radical (unpaired) electrons. The van der Waals surface area contributed by atoms with E-state index in [1.165, 1.54) is 24.2 Å². The summed E-state index contributed by atoms with van der Waals surface area (Å²) in [7, 11) is 0. The number of aromatic nitrogens is 3. The maximum atomic E-state index is 9.26. The molecule has 0 spiro atoms. The highest BCUT2D eigenvalue weighted by atomic mass is 32.1. The first-order valence-electron chi connectivity index (χ1n) is 10.4. The number of aliphatic hydroxyl groups excluding tert-OH is 1. The van der Waals surface area contributed by atoms with Gasteiger partial charge >= 0.3 is 0 Å². The van der Waals surface area contributed by atoms with Crippen LogP contribution < -0.4 is 10.6 Å². The number of anilines is 3. The summed E-state index contributed by atoms with van der Waals surface area (Å²) in [4.78, 5) is 15.8. The number of nitrogens with zero attached hydrogens (tertiary/aromatic N) is 4. The Morgan fingerprint density at radius 2 is 2.17 bits per heavy atom. The normalized spacial score (nSPS) is 23.5. The number of thiazole rings is 1. The molecule has 0 saturated carbocycles. The van der Waals surface area contributed by atoms with Gasteiger partial charge in [-0.2, -0.15) is 5.26 Å². The molecule has 0 amide bonds. The molecule has 2 saturated heterocycles. The van der Waals surface area contributed by atoms with Gasteiger partial charge in [0.2, 0.25) is 0 Å². The molecule has 9 heteroatoms. The van der Waals surface area contributed by atoms with E-state index in [1.807, 2.05) is 12.3 Å². The van der Waals surface area contributed by atoms with Crippen LogP contribution in [-0.4, -0.2) is 49.6 Å². The van der Waals surface area contributed by atoms with Crippen LogP contribution in [0.25, 0.3) is 10.9 Å². The van der Waals surface area contributed by atoms with Crippen molar-refractivity contribution in [2.45, 2.75) is 56.8 Å². The van der Waals surface area contributed by atoms with Crippen molar-refractivity contribution < 1.29 is 5.11 Å². The number of pyridine rings is 1. The van der Waals surface area contributed by atoms with E-state index in [-0.39, 0.29) is 6.61 Å². The third kappa shape index (κ3) is 3.74. The highest BCUT2D eigenvalue weighted by Gasteiger charge is 2.40. The Bertz CT molecular complexity index is 1060. The van der Waals surface area contributed by atoms with Crippen LogP contribution in [0, 0.1) is 11.3 Å². The van der Waals surface area contributed by atoms with Crippen LogP contribution >= 0.6 is 11.3 Å². The summed E-state index contributed by atoms with van der Waals surface area (Å²) in [5.74, 6) is 1.60. The second-order valence-electron chi connectivity index (χ2n) is 8.05. The van der Waals surface area contributed by atoms with Crippen molar-refractivity contribution in [2.75, 3.05) is 17.2 Å². The minimum atomic E-state index is -0.00928. The number of aliphatic hydroxyl groups is 1. The predicted molar refractivity (Wildman–Crippen MR) is 118 cm³/mol. The van der Waals surface area contributed by atoms with Gasteiger partial charge in [-0.15, -0.1) is 0 Å². The maximum absolute atomic E-state index is 9.26. The number of H-pyrrole nitrogens is 1. The number of hydrogen-bond acceptors (Lipinski definition) is 8. The first kappa shape index (κ1) is 19.3. The Kier molecular flexibility index (Phi) is 5.29. The number of nitriles is 1. The molecule has 8 nitrogen and oxygen atoms in total. The van der Waals surface area contributed by atoms with Crippen molar-refractivity contribution in [1.82, 2.24) is 19.9 Å². The van der Waals surface area contributed by atoms with Crippen LogP contribution in [0.3, 0.4) is 0 Å². The fourth-order valence-electron chi connectivity index (χ4n) is 4.91. The average Bonchev–Trinajstić information content (AvgIpc) is 3.45. The molecule has 0 unspecified atom stereocenters. The summed E-state index contributed by atoms with van der Waals surface area (Å²) in [5.41, 5.74) is 1.02. The Morgan fingerprint density at radius 1 is 1.33 bits per heavy atom. The van der Waals surface area contributed by atoms with Crippen LogP contribution in [0.1, 0.15) is 37.0 Å². The van der Waals surface area contributed by atoms with Gasteiger partial charge in [0.25, 0.3) is 0 Å².